The Morgan fingerprint density at radius 2 is 2.44 bits per heavy atom. The molecule has 0 aliphatic rings. The highest BCUT2D eigenvalue weighted by Gasteiger charge is 1.94. The molecule has 1 N–H and O–H groups in total. The molecule has 3 nitrogen and oxygen atoms in total. The average Bonchev–Trinajstić information content (AvgIpc) is 2.13. The molecule has 0 aliphatic carbocycles. The first-order chi connectivity index (χ1) is 4.24. The molecule has 1 heterocycles. The predicted molar refractivity (Wildman–Crippen MR) is 35.8 cm³/mol. The van der Waals surface area contributed by atoms with Crippen molar-refractivity contribution in [1.29, 1.82) is 5.41 Å². The molecule has 0 fully saturated rings. The molecule has 0 atom stereocenters. The summed E-state index contributed by atoms with van der Waals surface area (Å²) in [6, 6.07) is 0. The lowest BCUT2D eigenvalue weighted by Crippen LogP contribution is -1.86. The molecule has 0 radical (unpaired) electrons. The fraction of sp³-hybridized carbons (Fsp3) is 0.333. The molecule has 9 heavy (non-hydrogen) atoms. The zero-order valence-corrected chi connectivity index (χ0v) is 5.55. The summed E-state index contributed by atoms with van der Waals surface area (Å²) in [7, 11) is 1.91. The van der Waals surface area contributed by atoms with Crippen molar-refractivity contribution in [3.05, 3.63) is 17.7 Å². The van der Waals surface area contributed by atoms with E-state index in [0.29, 0.717) is 0 Å². The van der Waals surface area contributed by atoms with E-state index >= 15 is 0 Å². The van der Waals surface area contributed by atoms with E-state index in [2.05, 4.69) is 4.98 Å². The lowest BCUT2D eigenvalue weighted by molar-refractivity contribution is 0.858. The van der Waals surface area contributed by atoms with E-state index in [1.54, 1.807) is 0 Å². The SMILES string of the molecule is Cc1nc(C=N)cn1C. The summed E-state index contributed by atoms with van der Waals surface area (Å²) in [4.78, 5) is 4.05. The average molecular weight is 123 g/mol. The van der Waals surface area contributed by atoms with Gasteiger partial charge < -0.3 is 9.98 Å². The smallest absolute Gasteiger partial charge is 0.106 e. The summed E-state index contributed by atoms with van der Waals surface area (Å²) < 4.78 is 1.89. The number of hydrogen-bond acceptors (Lipinski definition) is 2. The van der Waals surface area contributed by atoms with E-state index in [1.165, 1.54) is 6.21 Å². The maximum absolute atomic E-state index is 6.85. The summed E-state index contributed by atoms with van der Waals surface area (Å²) in [5.41, 5.74) is 0.718. The summed E-state index contributed by atoms with van der Waals surface area (Å²) in [6.45, 7) is 1.91. The van der Waals surface area contributed by atoms with Gasteiger partial charge in [-0.05, 0) is 6.92 Å². The Morgan fingerprint density at radius 3 is 2.67 bits per heavy atom. The minimum Gasteiger partial charge on any atom is -0.338 e. The van der Waals surface area contributed by atoms with Crippen molar-refractivity contribution in [2.75, 3.05) is 0 Å². The molecule has 0 bridgehead atoms. The van der Waals surface area contributed by atoms with Crippen LogP contribution in [0.3, 0.4) is 0 Å². The van der Waals surface area contributed by atoms with Gasteiger partial charge in [-0.3, -0.25) is 0 Å². The van der Waals surface area contributed by atoms with Crippen LogP contribution >= 0.6 is 0 Å². The summed E-state index contributed by atoms with van der Waals surface area (Å²) in [6.07, 6.45) is 3.06. The highest BCUT2D eigenvalue weighted by molar-refractivity contribution is 5.73. The third kappa shape index (κ3) is 0.988. The van der Waals surface area contributed by atoms with E-state index < -0.39 is 0 Å². The van der Waals surface area contributed by atoms with E-state index in [1.807, 2.05) is 24.7 Å². The number of nitrogens with zero attached hydrogens (tertiary/aromatic N) is 2. The first kappa shape index (κ1) is 6.01. The lowest BCUT2D eigenvalue weighted by Gasteiger charge is -1.87. The van der Waals surface area contributed by atoms with Crippen molar-refractivity contribution >= 4 is 6.21 Å². The van der Waals surface area contributed by atoms with Crippen LogP contribution in [0.15, 0.2) is 6.20 Å². The fourth-order valence-corrected chi connectivity index (χ4v) is 0.656. The minimum absolute atomic E-state index is 0.718. The molecule has 3 heteroatoms. The molecule has 1 rings (SSSR count). The number of hydrogen-bond donors (Lipinski definition) is 1. The van der Waals surface area contributed by atoms with Gasteiger partial charge in [-0.15, -0.1) is 0 Å². The lowest BCUT2D eigenvalue weighted by atomic mass is 10.5. The Bertz CT molecular complexity index is 205. The van der Waals surface area contributed by atoms with Gasteiger partial charge in [0.15, 0.2) is 0 Å². The molecule has 48 valence electrons. The molecular weight excluding hydrogens is 114 g/mol. The fourth-order valence-electron chi connectivity index (χ4n) is 0.656. The minimum atomic E-state index is 0.718. The van der Waals surface area contributed by atoms with Gasteiger partial charge in [0.25, 0.3) is 0 Å². The second kappa shape index (κ2) is 2.01. The van der Waals surface area contributed by atoms with E-state index in [9.17, 15) is 0 Å². The third-order valence-corrected chi connectivity index (χ3v) is 1.28. The zero-order chi connectivity index (χ0) is 6.85. The molecule has 1 aromatic heterocycles. The monoisotopic (exact) mass is 123 g/mol. The largest absolute Gasteiger partial charge is 0.338 e. The normalized spacial score (nSPS) is 9.56. The number of aromatic nitrogens is 2. The first-order valence-corrected chi connectivity index (χ1v) is 2.74. The van der Waals surface area contributed by atoms with Gasteiger partial charge in [-0.1, -0.05) is 0 Å². The van der Waals surface area contributed by atoms with Crippen molar-refractivity contribution in [2.45, 2.75) is 6.92 Å². The van der Waals surface area contributed by atoms with Crippen LogP contribution in [0.25, 0.3) is 0 Å². The Kier molecular flexibility index (Phi) is 1.34. The molecule has 0 saturated carbocycles. The predicted octanol–water partition coefficient (Wildman–Crippen LogP) is 0.726. The quantitative estimate of drug-likeness (QED) is 0.549. The number of rotatable bonds is 1. The van der Waals surface area contributed by atoms with Crippen LogP contribution in [0.5, 0.6) is 0 Å². The topological polar surface area (TPSA) is 41.7 Å². The summed E-state index contributed by atoms with van der Waals surface area (Å²) in [5.74, 6) is 0.938. The van der Waals surface area contributed by atoms with Gasteiger partial charge in [-0.2, -0.15) is 0 Å². The second-order valence-corrected chi connectivity index (χ2v) is 1.97. The number of nitrogens with one attached hydrogen (secondary N) is 1. The molecule has 0 unspecified atom stereocenters. The van der Waals surface area contributed by atoms with Gasteiger partial charge in [0.1, 0.15) is 5.82 Å². The van der Waals surface area contributed by atoms with E-state index in [0.717, 1.165) is 11.5 Å². The van der Waals surface area contributed by atoms with Gasteiger partial charge in [0.05, 0.1) is 5.69 Å². The van der Waals surface area contributed by atoms with E-state index in [-0.39, 0.29) is 0 Å². The van der Waals surface area contributed by atoms with Gasteiger partial charge in [0, 0.05) is 19.5 Å². The highest BCUT2D eigenvalue weighted by atomic mass is 15.0. The van der Waals surface area contributed by atoms with Crippen molar-refractivity contribution in [1.82, 2.24) is 9.55 Å². The van der Waals surface area contributed by atoms with Gasteiger partial charge in [0.2, 0.25) is 0 Å². The van der Waals surface area contributed by atoms with Crippen molar-refractivity contribution < 1.29 is 0 Å². The number of imidazole rings is 1. The molecule has 1 aromatic rings. The van der Waals surface area contributed by atoms with Crippen LogP contribution < -0.4 is 0 Å². The standard InChI is InChI=1S/C6H9N3/c1-5-8-6(3-7)4-9(5)2/h3-4,7H,1-2H3. The zero-order valence-electron chi connectivity index (χ0n) is 5.55. The van der Waals surface area contributed by atoms with Crippen LogP contribution in [-0.2, 0) is 7.05 Å². The maximum atomic E-state index is 6.85. The summed E-state index contributed by atoms with van der Waals surface area (Å²) >= 11 is 0. The second-order valence-electron chi connectivity index (χ2n) is 1.97. The third-order valence-electron chi connectivity index (χ3n) is 1.28. The Labute approximate surface area is 53.9 Å². The van der Waals surface area contributed by atoms with Crippen molar-refractivity contribution in [3.8, 4) is 0 Å². The molecule has 0 aromatic carbocycles. The van der Waals surface area contributed by atoms with Crippen LogP contribution in [-0.4, -0.2) is 15.8 Å². The highest BCUT2D eigenvalue weighted by Crippen LogP contribution is 1.94. The number of aryl methyl sites for hydroxylation is 2. The Morgan fingerprint density at radius 1 is 1.78 bits per heavy atom. The molecular formula is C6H9N3. The van der Waals surface area contributed by atoms with Crippen LogP contribution in [0.2, 0.25) is 0 Å². The maximum Gasteiger partial charge on any atom is 0.106 e. The molecule has 0 saturated heterocycles. The van der Waals surface area contributed by atoms with Crippen molar-refractivity contribution in [2.24, 2.45) is 7.05 Å². The van der Waals surface area contributed by atoms with Crippen LogP contribution in [0.4, 0.5) is 0 Å². The van der Waals surface area contributed by atoms with Crippen molar-refractivity contribution in [3.63, 3.8) is 0 Å². The Hall–Kier alpha value is -1.12. The van der Waals surface area contributed by atoms with E-state index in [4.69, 9.17) is 5.41 Å². The van der Waals surface area contributed by atoms with Gasteiger partial charge >= 0.3 is 0 Å². The molecule has 0 amide bonds. The molecule has 0 spiro atoms. The van der Waals surface area contributed by atoms with Gasteiger partial charge in [-0.25, -0.2) is 4.98 Å². The molecule has 0 aliphatic heterocycles. The first-order valence-electron chi connectivity index (χ1n) is 2.74. The summed E-state index contributed by atoms with van der Waals surface area (Å²) in [5, 5.41) is 6.85. The van der Waals surface area contributed by atoms with Crippen LogP contribution in [0.1, 0.15) is 11.5 Å². The Balaban J connectivity index is 3.11. The van der Waals surface area contributed by atoms with Crippen LogP contribution in [0, 0.1) is 12.3 Å².